The van der Waals surface area contributed by atoms with Crippen LogP contribution >= 0.6 is 0 Å². The van der Waals surface area contributed by atoms with Crippen LogP contribution in [0.5, 0.6) is 0 Å². The van der Waals surface area contributed by atoms with Gasteiger partial charge in [-0.2, -0.15) is 18.4 Å². The number of halogens is 3. The fourth-order valence-electron chi connectivity index (χ4n) is 3.66. The Morgan fingerprint density at radius 2 is 1.83 bits per heavy atom. The number of nitrogens with zero attached hydrogens (tertiary/aromatic N) is 2. The van der Waals surface area contributed by atoms with Gasteiger partial charge in [0.1, 0.15) is 0 Å². The molecule has 0 radical (unpaired) electrons. The van der Waals surface area contributed by atoms with E-state index < -0.39 is 23.9 Å². The largest absolute Gasteiger partial charge is 0.392 e. The van der Waals surface area contributed by atoms with E-state index >= 15 is 0 Å². The molecule has 0 aromatic heterocycles. The molecule has 1 aliphatic carbocycles. The molecule has 1 heterocycles. The quantitative estimate of drug-likeness (QED) is 0.806. The normalized spacial score (nSPS) is 27.4. The topological polar surface area (TPSA) is 56.1 Å². The number of alkyl halides is 3. The highest BCUT2D eigenvalue weighted by Crippen LogP contribution is 2.41. The van der Waals surface area contributed by atoms with E-state index in [1.165, 1.54) is 0 Å². The molecule has 130 valence electrons. The lowest BCUT2D eigenvalue weighted by atomic mass is 9.78. The number of hydrogen-bond acceptors (Lipinski definition) is 3. The summed E-state index contributed by atoms with van der Waals surface area (Å²) < 4.78 is 39.2. The number of amides is 1. The van der Waals surface area contributed by atoms with E-state index in [1.54, 1.807) is 0 Å². The molecule has 2 fully saturated rings. The number of likely N-dealkylation sites (tertiary alicyclic amines) is 1. The number of nitrogens with one attached hydrogen (secondary N) is 1. The lowest BCUT2D eigenvalue weighted by Crippen LogP contribution is -2.45. The fraction of sp³-hybridized carbons (Fsp3) is 0.875. The van der Waals surface area contributed by atoms with Gasteiger partial charge in [-0.1, -0.05) is 12.8 Å². The molecular weight excluding hydrogens is 307 g/mol. The first-order chi connectivity index (χ1) is 10.9. The van der Waals surface area contributed by atoms with Gasteiger partial charge in [-0.15, -0.1) is 0 Å². The molecule has 1 N–H and O–H groups in total. The number of piperidine rings is 1. The second-order valence-electron chi connectivity index (χ2n) is 6.66. The van der Waals surface area contributed by atoms with Crippen LogP contribution in [0.4, 0.5) is 13.2 Å². The van der Waals surface area contributed by atoms with Gasteiger partial charge in [-0.25, -0.2) is 0 Å². The molecular formula is C16H24F3N3O. The summed E-state index contributed by atoms with van der Waals surface area (Å²) in [7, 11) is 0. The van der Waals surface area contributed by atoms with E-state index in [4.69, 9.17) is 5.26 Å². The lowest BCUT2D eigenvalue weighted by molar-refractivity contribution is -0.198. The van der Waals surface area contributed by atoms with Gasteiger partial charge in [-0.05, 0) is 44.7 Å². The van der Waals surface area contributed by atoms with Crippen molar-refractivity contribution in [1.29, 1.82) is 5.26 Å². The van der Waals surface area contributed by atoms with Gasteiger partial charge in [0.25, 0.3) is 0 Å². The second kappa shape index (κ2) is 8.00. The summed E-state index contributed by atoms with van der Waals surface area (Å²) in [5.41, 5.74) is 0. The molecule has 0 aromatic carbocycles. The summed E-state index contributed by atoms with van der Waals surface area (Å²) in [6, 6.07) is 2.11. The fourth-order valence-corrected chi connectivity index (χ4v) is 3.66. The van der Waals surface area contributed by atoms with Gasteiger partial charge in [0.2, 0.25) is 5.91 Å². The van der Waals surface area contributed by atoms with E-state index in [0.717, 1.165) is 25.9 Å². The molecule has 1 aliphatic heterocycles. The van der Waals surface area contributed by atoms with Crippen LogP contribution in [0.3, 0.4) is 0 Å². The molecule has 1 amide bonds. The number of nitriles is 1. The lowest BCUT2D eigenvalue weighted by Gasteiger charge is -2.33. The zero-order valence-corrected chi connectivity index (χ0v) is 13.2. The Morgan fingerprint density at radius 1 is 1.17 bits per heavy atom. The predicted molar refractivity (Wildman–Crippen MR) is 79.3 cm³/mol. The Bertz CT molecular complexity index is 439. The van der Waals surface area contributed by atoms with Crippen LogP contribution in [0, 0.1) is 29.1 Å². The monoisotopic (exact) mass is 331 g/mol. The maximum absolute atomic E-state index is 13.1. The summed E-state index contributed by atoms with van der Waals surface area (Å²) in [5.74, 6) is -2.57. The highest BCUT2D eigenvalue weighted by Gasteiger charge is 2.48. The van der Waals surface area contributed by atoms with Crippen LogP contribution in [-0.2, 0) is 4.79 Å². The summed E-state index contributed by atoms with van der Waals surface area (Å²) in [5, 5.41) is 11.4. The molecule has 1 saturated carbocycles. The van der Waals surface area contributed by atoms with Crippen molar-refractivity contribution in [2.75, 3.05) is 26.2 Å². The molecule has 0 spiro atoms. The van der Waals surface area contributed by atoms with Gasteiger partial charge in [0, 0.05) is 12.5 Å². The van der Waals surface area contributed by atoms with Crippen LogP contribution in [0.15, 0.2) is 0 Å². The zero-order chi connectivity index (χ0) is 16.9. The Morgan fingerprint density at radius 3 is 2.43 bits per heavy atom. The minimum Gasteiger partial charge on any atom is -0.356 e. The molecule has 2 aliphatic rings. The van der Waals surface area contributed by atoms with Crippen molar-refractivity contribution in [3.05, 3.63) is 0 Å². The second-order valence-corrected chi connectivity index (χ2v) is 6.66. The van der Waals surface area contributed by atoms with E-state index in [-0.39, 0.29) is 6.42 Å². The maximum Gasteiger partial charge on any atom is 0.392 e. The summed E-state index contributed by atoms with van der Waals surface area (Å²) in [6.07, 6.45) is -0.914. The molecule has 23 heavy (non-hydrogen) atoms. The third-order valence-corrected chi connectivity index (χ3v) is 5.09. The first kappa shape index (κ1) is 18.1. The van der Waals surface area contributed by atoms with Gasteiger partial charge < -0.3 is 5.32 Å². The standard InChI is InChI=1S/C16H24F3N3O/c17-16(18,19)14-4-2-1-3-13(14)15(23)21-11-12-5-8-22(9-6-12)10-7-20/h12-14H,1-6,8-11H2,(H,21,23)/t13-,14-/m0/s1. The highest BCUT2D eigenvalue weighted by molar-refractivity contribution is 5.79. The van der Waals surface area contributed by atoms with Crippen molar-refractivity contribution in [2.24, 2.45) is 17.8 Å². The van der Waals surface area contributed by atoms with Crippen molar-refractivity contribution in [1.82, 2.24) is 10.2 Å². The first-order valence-corrected chi connectivity index (χ1v) is 8.35. The van der Waals surface area contributed by atoms with Crippen LogP contribution in [0.1, 0.15) is 38.5 Å². The minimum atomic E-state index is -4.29. The van der Waals surface area contributed by atoms with E-state index in [2.05, 4.69) is 16.3 Å². The molecule has 4 nitrogen and oxygen atoms in total. The van der Waals surface area contributed by atoms with Crippen LogP contribution in [0.25, 0.3) is 0 Å². The molecule has 1 saturated heterocycles. The summed E-state index contributed by atoms with van der Waals surface area (Å²) >= 11 is 0. The number of carbonyl (C=O) groups excluding carboxylic acids is 1. The van der Waals surface area contributed by atoms with E-state index in [0.29, 0.717) is 38.3 Å². The van der Waals surface area contributed by atoms with Crippen LogP contribution in [0.2, 0.25) is 0 Å². The Labute approximate surface area is 135 Å². The Balaban J connectivity index is 1.79. The molecule has 2 rings (SSSR count). The smallest absolute Gasteiger partial charge is 0.356 e. The molecule has 7 heteroatoms. The van der Waals surface area contributed by atoms with Gasteiger partial charge in [0.05, 0.1) is 18.5 Å². The Hall–Kier alpha value is -1.29. The van der Waals surface area contributed by atoms with E-state index in [1.807, 2.05) is 0 Å². The van der Waals surface area contributed by atoms with Gasteiger partial charge in [-0.3, -0.25) is 9.69 Å². The maximum atomic E-state index is 13.1. The average Bonchev–Trinajstić information content (AvgIpc) is 2.53. The zero-order valence-electron chi connectivity index (χ0n) is 13.2. The van der Waals surface area contributed by atoms with Crippen molar-refractivity contribution in [3.8, 4) is 6.07 Å². The molecule has 2 atom stereocenters. The molecule has 0 bridgehead atoms. The van der Waals surface area contributed by atoms with Crippen LogP contribution in [-0.4, -0.2) is 43.2 Å². The number of carbonyl (C=O) groups is 1. The molecule has 0 unspecified atom stereocenters. The average molecular weight is 331 g/mol. The van der Waals surface area contributed by atoms with Crippen LogP contribution < -0.4 is 5.32 Å². The SMILES string of the molecule is N#CCN1CCC(CNC(=O)[C@H]2CCCC[C@@H]2C(F)(F)F)CC1. The summed E-state index contributed by atoms with van der Waals surface area (Å²) in [6.45, 7) is 2.47. The third kappa shape index (κ3) is 5.10. The number of hydrogen-bond donors (Lipinski definition) is 1. The summed E-state index contributed by atoms with van der Waals surface area (Å²) in [4.78, 5) is 14.3. The Kier molecular flexibility index (Phi) is 6.28. The van der Waals surface area contributed by atoms with E-state index in [9.17, 15) is 18.0 Å². The van der Waals surface area contributed by atoms with Gasteiger partial charge >= 0.3 is 6.18 Å². The number of rotatable bonds is 4. The van der Waals surface area contributed by atoms with Crippen molar-refractivity contribution >= 4 is 5.91 Å². The predicted octanol–water partition coefficient (Wildman–Crippen LogP) is 2.71. The van der Waals surface area contributed by atoms with Crippen molar-refractivity contribution in [3.63, 3.8) is 0 Å². The molecule has 0 aromatic rings. The van der Waals surface area contributed by atoms with Crippen molar-refractivity contribution < 1.29 is 18.0 Å². The van der Waals surface area contributed by atoms with Gasteiger partial charge in [0.15, 0.2) is 0 Å². The highest BCUT2D eigenvalue weighted by atomic mass is 19.4. The van der Waals surface area contributed by atoms with Crippen molar-refractivity contribution in [2.45, 2.75) is 44.7 Å². The minimum absolute atomic E-state index is 0.0636. The third-order valence-electron chi connectivity index (χ3n) is 5.09. The first-order valence-electron chi connectivity index (χ1n) is 8.35.